The molecule has 1 aromatic rings. The molecule has 0 heterocycles. The number of allylic oxidation sites excluding steroid dienone is 1. The second-order valence-corrected chi connectivity index (χ2v) is 6.26. The molecule has 0 saturated heterocycles. The lowest BCUT2D eigenvalue weighted by Crippen LogP contribution is -2.38. The van der Waals surface area contributed by atoms with E-state index in [1.807, 2.05) is 30.3 Å². The lowest BCUT2D eigenvalue weighted by molar-refractivity contribution is 0.170. The summed E-state index contributed by atoms with van der Waals surface area (Å²) in [5, 5.41) is 16.9. The van der Waals surface area contributed by atoms with Gasteiger partial charge in [-0.05, 0) is 51.0 Å². The minimum atomic E-state index is -0.453. The van der Waals surface area contributed by atoms with E-state index in [1.165, 1.54) is 25.7 Å². The highest BCUT2D eigenvalue weighted by atomic mass is 16.3. The topological polar surface area (TPSA) is 56.7 Å². The van der Waals surface area contributed by atoms with Gasteiger partial charge in [0.25, 0.3) is 0 Å². The summed E-state index contributed by atoms with van der Waals surface area (Å²) in [6, 6.07) is 9.77. The highest BCUT2D eigenvalue weighted by Gasteiger charge is 2.07. The predicted molar refractivity (Wildman–Crippen MR) is 101 cm³/mol. The van der Waals surface area contributed by atoms with Crippen LogP contribution in [0.1, 0.15) is 57.1 Å². The van der Waals surface area contributed by atoms with Gasteiger partial charge in [0.2, 0.25) is 0 Å². The van der Waals surface area contributed by atoms with Gasteiger partial charge >= 0.3 is 0 Å². The van der Waals surface area contributed by atoms with Gasteiger partial charge in [0.05, 0.1) is 6.10 Å². The van der Waals surface area contributed by atoms with E-state index >= 15 is 0 Å². The lowest BCUT2D eigenvalue weighted by Gasteiger charge is -2.15. The standard InChI is InChI=1S/C20H31N3O/c1-2-21-20(22-15-13-17-9-5-3-6-10-17)23-16-14-19(24)18-11-7-4-8-12-18/h4,7-9,11-12,19,24H,2-3,5-6,10,13-16H2,1H3,(H2,21,22,23). The third-order valence-corrected chi connectivity index (χ3v) is 4.32. The number of aliphatic hydroxyl groups is 1. The molecule has 1 aromatic carbocycles. The molecule has 0 bridgehead atoms. The van der Waals surface area contributed by atoms with Crippen molar-refractivity contribution in [1.29, 1.82) is 0 Å². The van der Waals surface area contributed by atoms with Crippen LogP contribution in [-0.2, 0) is 0 Å². The molecule has 0 saturated carbocycles. The van der Waals surface area contributed by atoms with Crippen molar-refractivity contribution in [2.45, 2.75) is 51.6 Å². The Labute approximate surface area is 146 Å². The Morgan fingerprint density at radius 3 is 2.75 bits per heavy atom. The number of benzene rings is 1. The van der Waals surface area contributed by atoms with Crippen LogP contribution in [0.25, 0.3) is 0 Å². The van der Waals surface area contributed by atoms with Gasteiger partial charge in [-0.25, -0.2) is 0 Å². The first kappa shape index (κ1) is 18.5. The van der Waals surface area contributed by atoms with Crippen LogP contribution in [0.5, 0.6) is 0 Å². The van der Waals surface area contributed by atoms with Gasteiger partial charge in [-0.1, -0.05) is 42.0 Å². The molecule has 1 aliphatic carbocycles. The van der Waals surface area contributed by atoms with E-state index in [-0.39, 0.29) is 0 Å². The van der Waals surface area contributed by atoms with Crippen molar-refractivity contribution >= 4 is 5.96 Å². The van der Waals surface area contributed by atoms with Crippen molar-refractivity contribution in [3.63, 3.8) is 0 Å². The zero-order valence-electron chi connectivity index (χ0n) is 14.8. The van der Waals surface area contributed by atoms with Crippen LogP contribution in [0.15, 0.2) is 47.0 Å². The quantitative estimate of drug-likeness (QED) is 0.388. The first-order valence-electron chi connectivity index (χ1n) is 9.22. The lowest BCUT2D eigenvalue weighted by atomic mass is 9.97. The molecule has 1 aliphatic rings. The summed E-state index contributed by atoms with van der Waals surface area (Å²) in [6.45, 7) is 4.43. The molecule has 0 spiro atoms. The van der Waals surface area contributed by atoms with Gasteiger partial charge in [0.15, 0.2) is 5.96 Å². The van der Waals surface area contributed by atoms with Gasteiger partial charge in [0.1, 0.15) is 0 Å². The van der Waals surface area contributed by atoms with E-state index in [2.05, 4.69) is 28.6 Å². The largest absolute Gasteiger partial charge is 0.388 e. The number of guanidine groups is 1. The molecule has 1 unspecified atom stereocenters. The minimum absolute atomic E-state index is 0.453. The molecule has 2 rings (SSSR count). The van der Waals surface area contributed by atoms with Gasteiger partial charge in [-0.2, -0.15) is 0 Å². The van der Waals surface area contributed by atoms with E-state index in [0.29, 0.717) is 13.0 Å². The third kappa shape index (κ3) is 6.75. The van der Waals surface area contributed by atoms with Crippen molar-refractivity contribution in [3.8, 4) is 0 Å². The Kier molecular flexibility index (Phi) is 8.39. The molecule has 0 radical (unpaired) electrons. The van der Waals surface area contributed by atoms with Crippen LogP contribution in [0.3, 0.4) is 0 Å². The number of aliphatic hydroxyl groups excluding tert-OH is 1. The first-order valence-corrected chi connectivity index (χ1v) is 9.22. The van der Waals surface area contributed by atoms with E-state index in [0.717, 1.165) is 31.0 Å². The van der Waals surface area contributed by atoms with Crippen LogP contribution in [-0.4, -0.2) is 30.7 Å². The molecule has 132 valence electrons. The van der Waals surface area contributed by atoms with Crippen molar-refractivity contribution in [1.82, 2.24) is 10.6 Å². The molecule has 4 heteroatoms. The van der Waals surface area contributed by atoms with Crippen molar-refractivity contribution < 1.29 is 5.11 Å². The number of nitrogens with one attached hydrogen (secondary N) is 2. The predicted octanol–water partition coefficient (Wildman–Crippen LogP) is 3.56. The second-order valence-electron chi connectivity index (χ2n) is 6.26. The fourth-order valence-electron chi connectivity index (χ4n) is 2.96. The van der Waals surface area contributed by atoms with Crippen LogP contribution < -0.4 is 10.6 Å². The zero-order chi connectivity index (χ0) is 17.0. The number of hydrogen-bond donors (Lipinski definition) is 3. The summed E-state index contributed by atoms with van der Waals surface area (Å²) >= 11 is 0. The highest BCUT2D eigenvalue weighted by molar-refractivity contribution is 5.79. The maximum atomic E-state index is 10.2. The summed E-state index contributed by atoms with van der Waals surface area (Å²) in [4.78, 5) is 4.58. The van der Waals surface area contributed by atoms with E-state index in [1.54, 1.807) is 5.57 Å². The van der Waals surface area contributed by atoms with Crippen molar-refractivity contribution in [2.75, 3.05) is 19.6 Å². The monoisotopic (exact) mass is 329 g/mol. The number of rotatable bonds is 8. The fourth-order valence-corrected chi connectivity index (χ4v) is 2.96. The third-order valence-electron chi connectivity index (χ3n) is 4.32. The molecular formula is C20H31N3O. The normalized spacial score (nSPS) is 16.4. The molecule has 24 heavy (non-hydrogen) atoms. The second kappa shape index (κ2) is 10.9. The average Bonchev–Trinajstić information content (AvgIpc) is 2.63. The van der Waals surface area contributed by atoms with Gasteiger partial charge in [-0.3, -0.25) is 4.99 Å². The van der Waals surface area contributed by atoms with Crippen LogP contribution >= 0.6 is 0 Å². The van der Waals surface area contributed by atoms with Crippen LogP contribution in [0.2, 0.25) is 0 Å². The van der Waals surface area contributed by atoms with Gasteiger partial charge in [0, 0.05) is 19.6 Å². The molecule has 0 aliphatic heterocycles. The van der Waals surface area contributed by atoms with E-state index < -0.39 is 6.10 Å². The van der Waals surface area contributed by atoms with Gasteiger partial charge in [-0.15, -0.1) is 0 Å². The molecule has 0 amide bonds. The molecule has 1 atom stereocenters. The Morgan fingerprint density at radius 2 is 2.04 bits per heavy atom. The first-order chi connectivity index (χ1) is 11.8. The van der Waals surface area contributed by atoms with E-state index in [9.17, 15) is 5.11 Å². The number of nitrogens with zero attached hydrogens (tertiary/aromatic N) is 1. The zero-order valence-corrected chi connectivity index (χ0v) is 14.8. The Balaban J connectivity index is 1.74. The summed E-state index contributed by atoms with van der Waals surface area (Å²) in [5.74, 6) is 0.842. The Hall–Kier alpha value is -1.81. The molecule has 0 fully saturated rings. The molecule has 4 nitrogen and oxygen atoms in total. The van der Waals surface area contributed by atoms with Gasteiger partial charge < -0.3 is 15.7 Å². The van der Waals surface area contributed by atoms with Crippen molar-refractivity contribution in [2.24, 2.45) is 4.99 Å². The number of aliphatic imine (C=N–C) groups is 1. The summed E-state index contributed by atoms with van der Waals surface area (Å²) in [7, 11) is 0. The average molecular weight is 329 g/mol. The SMILES string of the molecule is CCNC(=NCCC(O)c1ccccc1)NCCC1=CCCCC1. The number of hydrogen-bond acceptors (Lipinski definition) is 2. The molecular weight excluding hydrogens is 298 g/mol. The molecule has 0 aromatic heterocycles. The highest BCUT2D eigenvalue weighted by Crippen LogP contribution is 2.19. The van der Waals surface area contributed by atoms with E-state index in [4.69, 9.17) is 0 Å². The Morgan fingerprint density at radius 1 is 1.21 bits per heavy atom. The fraction of sp³-hybridized carbons (Fsp3) is 0.550. The summed E-state index contributed by atoms with van der Waals surface area (Å²) in [5.41, 5.74) is 2.53. The molecule has 3 N–H and O–H groups in total. The maximum absolute atomic E-state index is 10.2. The van der Waals surface area contributed by atoms with Crippen LogP contribution in [0.4, 0.5) is 0 Å². The van der Waals surface area contributed by atoms with Crippen LogP contribution in [0, 0.1) is 0 Å². The summed E-state index contributed by atoms with van der Waals surface area (Å²) in [6.07, 6.45) is 8.82. The van der Waals surface area contributed by atoms with Crippen molar-refractivity contribution in [3.05, 3.63) is 47.5 Å². The summed E-state index contributed by atoms with van der Waals surface area (Å²) < 4.78 is 0. The maximum Gasteiger partial charge on any atom is 0.191 e. The Bertz CT molecular complexity index is 525. The minimum Gasteiger partial charge on any atom is -0.388 e. The smallest absolute Gasteiger partial charge is 0.191 e.